The molecule has 0 spiro atoms. The molecule has 0 aliphatic heterocycles. The maximum atomic E-state index is 12.8. The van der Waals surface area contributed by atoms with E-state index in [0.29, 0.717) is 19.3 Å². The number of hydrogen-bond donors (Lipinski definition) is 0. The zero-order chi connectivity index (χ0) is 43.7. The van der Waals surface area contributed by atoms with Crippen LogP contribution in [0.4, 0.5) is 0 Å². The summed E-state index contributed by atoms with van der Waals surface area (Å²) in [4.78, 5) is 37.8. The molecule has 354 valence electrons. The molecule has 1 unspecified atom stereocenters. The summed E-state index contributed by atoms with van der Waals surface area (Å²) in [6, 6.07) is 0. The van der Waals surface area contributed by atoms with Crippen LogP contribution in [0.15, 0.2) is 12.2 Å². The van der Waals surface area contributed by atoms with E-state index in [-0.39, 0.29) is 31.1 Å². The van der Waals surface area contributed by atoms with Crippen molar-refractivity contribution in [2.24, 2.45) is 0 Å². The minimum atomic E-state index is -0.766. The van der Waals surface area contributed by atoms with Gasteiger partial charge in [0.05, 0.1) is 0 Å². The quantitative estimate of drug-likeness (QED) is 0.0263. The fourth-order valence-electron chi connectivity index (χ4n) is 7.97. The molecule has 0 saturated heterocycles. The SMILES string of the molecule is CCCCCCCC/C=C\CCCCCCCC(=O)OC(COC(=O)CCCCCCCCC)COC(=O)CCCCCCCCCCCCCCCCCCCCCC. The second kappa shape index (κ2) is 49.8. The second-order valence-electron chi connectivity index (χ2n) is 18.2. The summed E-state index contributed by atoms with van der Waals surface area (Å²) in [5.41, 5.74) is 0. The Morgan fingerprint density at radius 3 is 0.833 bits per heavy atom. The number of ether oxygens (including phenoxy) is 3. The lowest BCUT2D eigenvalue weighted by Gasteiger charge is -2.18. The summed E-state index contributed by atoms with van der Waals surface area (Å²) >= 11 is 0. The molecule has 0 N–H and O–H groups in total. The van der Waals surface area contributed by atoms with Crippen LogP contribution in [0.1, 0.15) is 297 Å². The zero-order valence-electron chi connectivity index (χ0n) is 40.5. The van der Waals surface area contributed by atoms with Crippen LogP contribution in [0, 0.1) is 0 Å². The maximum absolute atomic E-state index is 12.8. The van der Waals surface area contributed by atoms with Crippen molar-refractivity contribution < 1.29 is 28.6 Å². The number of rotatable bonds is 49. The minimum absolute atomic E-state index is 0.0686. The summed E-state index contributed by atoms with van der Waals surface area (Å²) in [7, 11) is 0. The van der Waals surface area contributed by atoms with Crippen LogP contribution < -0.4 is 0 Å². The number of allylic oxidation sites excluding steroid dienone is 2. The van der Waals surface area contributed by atoms with Gasteiger partial charge < -0.3 is 14.2 Å². The molecule has 0 heterocycles. The van der Waals surface area contributed by atoms with Gasteiger partial charge in [0.25, 0.3) is 0 Å². The number of unbranched alkanes of at least 4 members (excludes halogenated alkanes) is 36. The molecule has 0 saturated carbocycles. The molecule has 6 nitrogen and oxygen atoms in total. The average molecular weight is 847 g/mol. The van der Waals surface area contributed by atoms with Gasteiger partial charge in [-0.1, -0.05) is 245 Å². The first kappa shape index (κ1) is 58.1. The first-order chi connectivity index (χ1) is 29.5. The minimum Gasteiger partial charge on any atom is -0.462 e. The molecule has 0 aromatic heterocycles. The van der Waals surface area contributed by atoms with Crippen LogP contribution >= 0.6 is 0 Å². The lowest BCUT2D eigenvalue weighted by Crippen LogP contribution is -2.30. The van der Waals surface area contributed by atoms with Crippen molar-refractivity contribution in [3.8, 4) is 0 Å². The molecule has 0 radical (unpaired) electrons. The van der Waals surface area contributed by atoms with Crippen LogP contribution in [0.2, 0.25) is 0 Å². The topological polar surface area (TPSA) is 78.9 Å². The van der Waals surface area contributed by atoms with Crippen molar-refractivity contribution >= 4 is 17.9 Å². The van der Waals surface area contributed by atoms with Crippen LogP contribution in [0.3, 0.4) is 0 Å². The van der Waals surface area contributed by atoms with E-state index in [0.717, 1.165) is 64.2 Å². The highest BCUT2D eigenvalue weighted by Crippen LogP contribution is 2.16. The molecule has 0 aromatic rings. The van der Waals surface area contributed by atoms with Crippen LogP contribution in [-0.4, -0.2) is 37.2 Å². The van der Waals surface area contributed by atoms with E-state index in [1.165, 1.54) is 193 Å². The number of carbonyl (C=O) groups is 3. The highest BCUT2D eigenvalue weighted by Gasteiger charge is 2.19. The largest absolute Gasteiger partial charge is 0.462 e. The summed E-state index contributed by atoms with van der Waals surface area (Å²) < 4.78 is 16.7. The normalized spacial score (nSPS) is 12.0. The molecule has 60 heavy (non-hydrogen) atoms. The lowest BCUT2D eigenvalue weighted by atomic mass is 10.0. The molecule has 0 fully saturated rings. The number of carbonyl (C=O) groups excluding carboxylic acids is 3. The Morgan fingerprint density at radius 1 is 0.317 bits per heavy atom. The van der Waals surface area contributed by atoms with E-state index < -0.39 is 6.10 Å². The molecule has 0 amide bonds. The van der Waals surface area contributed by atoms with E-state index in [4.69, 9.17) is 14.2 Å². The van der Waals surface area contributed by atoms with E-state index in [1.807, 2.05) is 0 Å². The van der Waals surface area contributed by atoms with Gasteiger partial charge in [0.1, 0.15) is 13.2 Å². The molecule has 6 heteroatoms. The van der Waals surface area contributed by atoms with Gasteiger partial charge in [0, 0.05) is 19.3 Å². The third kappa shape index (κ3) is 47.2. The molecular formula is C54H102O6. The van der Waals surface area contributed by atoms with Crippen LogP contribution in [0.25, 0.3) is 0 Å². The smallest absolute Gasteiger partial charge is 0.306 e. The number of esters is 3. The Bertz CT molecular complexity index is 931. The fourth-order valence-corrected chi connectivity index (χ4v) is 7.97. The molecule has 0 aromatic carbocycles. The molecule has 1 atom stereocenters. The van der Waals surface area contributed by atoms with Gasteiger partial charge >= 0.3 is 17.9 Å². The third-order valence-electron chi connectivity index (χ3n) is 12.0. The fraction of sp³-hybridized carbons (Fsp3) is 0.907. The summed E-state index contributed by atoms with van der Waals surface area (Å²) in [5, 5.41) is 0. The Morgan fingerprint density at radius 2 is 0.550 bits per heavy atom. The van der Waals surface area contributed by atoms with Gasteiger partial charge in [0.15, 0.2) is 6.10 Å². The zero-order valence-corrected chi connectivity index (χ0v) is 40.5. The predicted molar refractivity (Wildman–Crippen MR) is 256 cm³/mol. The Hall–Kier alpha value is -1.85. The van der Waals surface area contributed by atoms with Crippen molar-refractivity contribution in [3.05, 3.63) is 12.2 Å². The van der Waals surface area contributed by atoms with Crippen LogP contribution in [-0.2, 0) is 28.6 Å². The van der Waals surface area contributed by atoms with Gasteiger partial charge in [-0.05, 0) is 44.9 Å². The molecule has 0 aliphatic rings. The highest BCUT2D eigenvalue weighted by atomic mass is 16.6. The second-order valence-corrected chi connectivity index (χ2v) is 18.2. The van der Waals surface area contributed by atoms with Crippen molar-refractivity contribution in [2.45, 2.75) is 303 Å². The van der Waals surface area contributed by atoms with E-state index in [2.05, 4.69) is 32.9 Å². The van der Waals surface area contributed by atoms with Gasteiger partial charge in [-0.15, -0.1) is 0 Å². The number of hydrogen-bond acceptors (Lipinski definition) is 6. The van der Waals surface area contributed by atoms with E-state index in [9.17, 15) is 14.4 Å². The van der Waals surface area contributed by atoms with Crippen LogP contribution in [0.5, 0.6) is 0 Å². The predicted octanol–water partition coefficient (Wildman–Crippen LogP) is 17.4. The Kier molecular flexibility index (Phi) is 48.3. The Labute approximate surface area is 373 Å². The van der Waals surface area contributed by atoms with E-state index in [1.54, 1.807) is 0 Å². The average Bonchev–Trinajstić information content (AvgIpc) is 3.24. The van der Waals surface area contributed by atoms with Gasteiger partial charge in [0.2, 0.25) is 0 Å². The summed E-state index contributed by atoms with van der Waals surface area (Å²) in [5.74, 6) is -0.867. The van der Waals surface area contributed by atoms with Crippen molar-refractivity contribution in [2.75, 3.05) is 13.2 Å². The Balaban J connectivity index is 4.17. The van der Waals surface area contributed by atoms with Crippen molar-refractivity contribution in [1.29, 1.82) is 0 Å². The first-order valence-electron chi connectivity index (χ1n) is 26.7. The summed E-state index contributed by atoms with van der Waals surface area (Å²) in [6.07, 6.45) is 55.0. The highest BCUT2D eigenvalue weighted by molar-refractivity contribution is 5.71. The summed E-state index contributed by atoms with van der Waals surface area (Å²) in [6.45, 7) is 6.62. The lowest BCUT2D eigenvalue weighted by molar-refractivity contribution is -0.167. The standard InChI is InChI=1S/C54H102O6/c1-4-7-10-13-16-18-20-22-24-25-26-27-28-30-31-33-35-38-41-44-47-53(56)59-50-51(49-58-52(55)46-43-40-37-15-12-9-6-3)60-54(57)48-45-42-39-36-34-32-29-23-21-19-17-14-11-8-5-2/h23,29,51H,4-22,24-28,30-50H2,1-3H3/b29-23-. The third-order valence-corrected chi connectivity index (χ3v) is 12.0. The van der Waals surface area contributed by atoms with E-state index >= 15 is 0 Å². The molecule has 0 aliphatic carbocycles. The maximum Gasteiger partial charge on any atom is 0.306 e. The molecule has 0 bridgehead atoms. The molecular weight excluding hydrogens is 745 g/mol. The van der Waals surface area contributed by atoms with Gasteiger partial charge in [-0.25, -0.2) is 0 Å². The molecule has 0 rings (SSSR count). The van der Waals surface area contributed by atoms with Crippen molar-refractivity contribution in [3.63, 3.8) is 0 Å². The monoisotopic (exact) mass is 847 g/mol. The van der Waals surface area contributed by atoms with Crippen molar-refractivity contribution in [1.82, 2.24) is 0 Å². The first-order valence-corrected chi connectivity index (χ1v) is 26.7. The van der Waals surface area contributed by atoms with Gasteiger partial charge in [-0.2, -0.15) is 0 Å². The van der Waals surface area contributed by atoms with Gasteiger partial charge in [-0.3, -0.25) is 14.4 Å².